The van der Waals surface area contributed by atoms with Gasteiger partial charge in [0.15, 0.2) is 0 Å². The summed E-state index contributed by atoms with van der Waals surface area (Å²) in [6.07, 6.45) is 1.25. The van der Waals surface area contributed by atoms with E-state index in [0.717, 1.165) is 18.3 Å². The van der Waals surface area contributed by atoms with E-state index in [1.807, 2.05) is 0 Å². The molecule has 0 radical (unpaired) electrons. The highest BCUT2D eigenvalue weighted by Crippen LogP contribution is 2.09. The molecule has 0 aromatic rings. The van der Waals surface area contributed by atoms with Gasteiger partial charge in [0, 0.05) is 44.5 Å². The first kappa shape index (κ1) is 13.1. The zero-order chi connectivity index (χ0) is 11.3. The molecule has 0 aromatic heterocycles. The van der Waals surface area contributed by atoms with Crippen LogP contribution < -0.4 is 0 Å². The van der Waals surface area contributed by atoms with Crippen molar-refractivity contribution in [3.05, 3.63) is 12.2 Å². The van der Waals surface area contributed by atoms with Gasteiger partial charge in [-0.25, -0.2) is 0 Å². The topological polar surface area (TPSA) is 6.48 Å². The average molecular weight is 228 g/mol. The Hall–Kier alpha value is 0.01000. The number of piperazine rings is 1. The summed E-state index contributed by atoms with van der Waals surface area (Å²) in [7, 11) is 0. The second kappa shape index (κ2) is 6.56. The Kier molecular flexibility index (Phi) is 5.72. The van der Waals surface area contributed by atoms with Crippen molar-refractivity contribution in [2.75, 3.05) is 38.5 Å². The Morgan fingerprint density at radius 3 is 2.40 bits per heavy atom. The van der Waals surface area contributed by atoms with Gasteiger partial charge in [0.2, 0.25) is 0 Å². The van der Waals surface area contributed by atoms with E-state index in [0.29, 0.717) is 0 Å². The molecule has 0 spiro atoms. The highest BCUT2D eigenvalue weighted by molar-refractivity contribution is 7.80. The molecule has 1 unspecified atom stereocenters. The van der Waals surface area contributed by atoms with Gasteiger partial charge in [-0.15, -0.1) is 0 Å². The molecule has 0 bridgehead atoms. The molecular formula is C12H24N2S. The second-order valence-electron chi connectivity index (χ2n) is 4.48. The second-order valence-corrected chi connectivity index (χ2v) is 4.79. The van der Waals surface area contributed by atoms with Crippen LogP contribution in [0.15, 0.2) is 12.2 Å². The van der Waals surface area contributed by atoms with Gasteiger partial charge >= 0.3 is 0 Å². The smallest absolute Gasteiger partial charge is 0.0199 e. The fourth-order valence-corrected chi connectivity index (χ4v) is 2.09. The maximum Gasteiger partial charge on any atom is 0.0199 e. The first-order chi connectivity index (χ1) is 7.17. The maximum absolute atomic E-state index is 4.24. The van der Waals surface area contributed by atoms with Crippen molar-refractivity contribution in [1.29, 1.82) is 0 Å². The normalized spacial score (nSPS) is 21.5. The van der Waals surface area contributed by atoms with Crippen LogP contribution in [-0.2, 0) is 0 Å². The van der Waals surface area contributed by atoms with Crippen molar-refractivity contribution in [2.45, 2.75) is 26.3 Å². The summed E-state index contributed by atoms with van der Waals surface area (Å²) in [4.78, 5) is 5.07. The van der Waals surface area contributed by atoms with Crippen molar-refractivity contribution in [1.82, 2.24) is 9.80 Å². The summed E-state index contributed by atoms with van der Waals surface area (Å²) in [5.74, 6) is 0.811. The molecule has 15 heavy (non-hydrogen) atoms. The molecule has 88 valence electrons. The highest BCUT2D eigenvalue weighted by atomic mass is 32.1. The average Bonchev–Trinajstić information content (AvgIpc) is 2.29. The number of rotatable bonds is 5. The Labute approximate surface area is 99.7 Å². The van der Waals surface area contributed by atoms with Crippen LogP contribution in [0.2, 0.25) is 0 Å². The number of thiol groups is 1. The van der Waals surface area contributed by atoms with E-state index in [4.69, 9.17) is 0 Å². The van der Waals surface area contributed by atoms with Gasteiger partial charge in [0.25, 0.3) is 0 Å². The van der Waals surface area contributed by atoms with Crippen LogP contribution in [-0.4, -0.2) is 54.3 Å². The van der Waals surface area contributed by atoms with Crippen molar-refractivity contribution in [3.63, 3.8) is 0 Å². The molecule has 0 aliphatic carbocycles. The van der Waals surface area contributed by atoms with Crippen LogP contribution in [0, 0.1) is 0 Å². The van der Waals surface area contributed by atoms with Crippen LogP contribution in [0.3, 0.4) is 0 Å². The monoisotopic (exact) mass is 228 g/mol. The van der Waals surface area contributed by atoms with Crippen molar-refractivity contribution in [3.8, 4) is 0 Å². The number of hydrogen-bond donors (Lipinski definition) is 1. The Morgan fingerprint density at radius 1 is 1.33 bits per heavy atom. The molecule has 1 aliphatic heterocycles. The van der Waals surface area contributed by atoms with E-state index in [1.54, 1.807) is 0 Å². The minimum Gasteiger partial charge on any atom is -0.298 e. The maximum atomic E-state index is 4.24. The Bertz CT molecular complexity index is 198. The van der Waals surface area contributed by atoms with Crippen molar-refractivity contribution in [2.24, 2.45) is 0 Å². The summed E-state index contributed by atoms with van der Waals surface area (Å²) in [6.45, 7) is 14.4. The van der Waals surface area contributed by atoms with Crippen LogP contribution >= 0.6 is 12.6 Å². The molecule has 0 N–H and O–H groups in total. The molecule has 0 saturated carbocycles. The van der Waals surface area contributed by atoms with Crippen LogP contribution in [0.4, 0.5) is 0 Å². The first-order valence-corrected chi connectivity index (χ1v) is 6.54. The molecule has 2 nitrogen and oxygen atoms in total. The first-order valence-electron chi connectivity index (χ1n) is 5.91. The van der Waals surface area contributed by atoms with Gasteiger partial charge in [-0.05, 0) is 13.3 Å². The number of hydrogen-bond acceptors (Lipinski definition) is 3. The molecule has 1 heterocycles. The van der Waals surface area contributed by atoms with Crippen LogP contribution in [0.5, 0.6) is 0 Å². The Balaban J connectivity index is 2.26. The standard InChI is InChI=1S/C12H24N2S/c1-4-12(3)14-7-5-13(6-8-14)9-11(2)10-15/h12,15H,2,4-10H2,1,3H3. The van der Waals surface area contributed by atoms with E-state index in [1.165, 1.54) is 38.2 Å². The lowest BCUT2D eigenvalue weighted by atomic mass is 10.2. The van der Waals surface area contributed by atoms with Gasteiger partial charge in [-0.1, -0.05) is 19.1 Å². The van der Waals surface area contributed by atoms with E-state index in [2.05, 4.69) is 42.9 Å². The van der Waals surface area contributed by atoms with E-state index < -0.39 is 0 Å². The molecule has 0 amide bonds. The van der Waals surface area contributed by atoms with Crippen molar-refractivity contribution >= 4 is 12.6 Å². The van der Waals surface area contributed by atoms with Gasteiger partial charge in [0.1, 0.15) is 0 Å². The zero-order valence-electron chi connectivity index (χ0n) is 10.1. The SMILES string of the molecule is C=C(CS)CN1CCN(C(C)CC)CC1. The fourth-order valence-electron chi connectivity index (χ4n) is 1.99. The summed E-state index contributed by atoms with van der Waals surface area (Å²) in [6, 6.07) is 0.736. The molecule has 1 rings (SSSR count). The molecular weight excluding hydrogens is 204 g/mol. The van der Waals surface area contributed by atoms with Crippen molar-refractivity contribution < 1.29 is 0 Å². The van der Waals surface area contributed by atoms with E-state index in [9.17, 15) is 0 Å². The van der Waals surface area contributed by atoms with Gasteiger partial charge in [0.05, 0.1) is 0 Å². The molecule has 1 aliphatic rings. The third kappa shape index (κ3) is 4.17. The summed E-state index contributed by atoms with van der Waals surface area (Å²) in [5, 5.41) is 0. The zero-order valence-corrected chi connectivity index (χ0v) is 11.0. The molecule has 3 heteroatoms. The fraction of sp³-hybridized carbons (Fsp3) is 0.833. The lowest BCUT2D eigenvalue weighted by molar-refractivity contribution is 0.107. The highest BCUT2D eigenvalue weighted by Gasteiger charge is 2.19. The summed E-state index contributed by atoms with van der Waals surface area (Å²) < 4.78 is 0. The molecule has 0 aromatic carbocycles. The minimum absolute atomic E-state index is 0.736. The lowest BCUT2D eigenvalue weighted by Gasteiger charge is -2.38. The van der Waals surface area contributed by atoms with Crippen LogP contribution in [0.25, 0.3) is 0 Å². The predicted molar refractivity (Wildman–Crippen MR) is 70.8 cm³/mol. The third-order valence-electron chi connectivity index (χ3n) is 3.29. The molecule has 1 saturated heterocycles. The summed E-state index contributed by atoms with van der Waals surface area (Å²) >= 11 is 4.24. The van der Waals surface area contributed by atoms with Gasteiger partial charge in [-0.2, -0.15) is 12.6 Å². The largest absolute Gasteiger partial charge is 0.298 e. The quantitative estimate of drug-likeness (QED) is 0.567. The third-order valence-corrected chi connectivity index (χ3v) is 3.74. The van der Waals surface area contributed by atoms with E-state index >= 15 is 0 Å². The lowest BCUT2D eigenvalue weighted by Crippen LogP contribution is -2.49. The van der Waals surface area contributed by atoms with Crippen LogP contribution in [0.1, 0.15) is 20.3 Å². The van der Waals surface area contributed by atoms with Gasteiger partial charge in [-0.3, -0.25) is 9.80 Å². The van der Waals surface area contributed by atoms with E-state index in [-0.39, 0.29) is 0 Å². The minimum atomic E-state index is 0.736. The number of nitrogens with zero attached hydrogens (tertiary/aromatic N) is 2. The Morgan fingerprint density at radius 2 is 1.93 bits per heavy atom. The van der Waals surface area contributed by atoms with Gasteiger partial charge < -0.3 is 0 Å². The molecule has 1 fully saturated rings. The predicted octanol–water partition coefficient (Wildman–Crippen LogP) is 1.89. The summed E-state index contributed by atoms with van der Waals surface area (Å²) in [5.41, 5.74) is 1.23. The molecule has 1 atom stereocenters.